The molecule has 0 aliphatic rings. The molecule has 0 aromatic heterocycles. The molecule has 56 valence electrons. The predicted molar refractivity (Wildman–Crippen MR) is 40.1 cm³/mol. The van der Waals surface area contributed by atoms with Crippen molar-refractivity contribution in [1.82, 2.24) is 0 Å². The molecule has 1 N–H and O–H groups in total. The Morgan fingerprint density at radius 2 is 2.10 bits per heavy atom. The van der Waals surface area contributed by atoms with Crippen LogP contribution in [0.15, 0.2) is 0 Å². The second-order valence-electron chi connectivity index (χ2n) is 2.45. The molecule has 2 heteroatoms. The van der Waals surface area contributed by atoms with Crippen LogP contribution in [0.1, 0.15) is 32.6 Å². The van der Waals surface area contributed by atoms with Crippen LogP contribution in [-0.2, 0) is 0 Å². The first-order valence-electron chi connectivity index (χ1n) is 3.75. The standard InChI is InChI=1S/C8H17O.K/c1-3-5-6-8(4-2)7-9;/h8-9H,1,3-7H2,2H3;/q-1;+1. The number of aliphatic hydroxyl groups excluding tert-OH is 1. The van der Waals surface area contributed by atoms with Crippen molar-refractivity contribution < 1.29 is 56.5 Å². The summed E-state index contributed by atoms with van der Waals surface area (Å²) in [6.45, 7) is 6.20. The minimum atomic E-state index is 0. The molecule has 0 spiro atoms. The molecule has 1 atom stereocenters. The van der Waals surface area contributed by atoms with E-state index in [9.17, 15) is 0 Å². The van der Waals surface area contributed by atoms with Crippen molar-refractivity contribution in [1.29, 1.82) is 0 Å². The summed E-state index contributed by atoms with van der Waals surface area (Å²) >= 11 is 0. The van der Waals surface area contributed by atoms with E-state index in [1.807, 2.05) is 0 Å². The average Bonchev–Trinajstić information content (AvgIpc) is 1.91. The van der Waals surface area contributed by atoms with Gasteiger partial charge in [0.05, 0.1) is 0 Å². The van der Waals surface area contributed by atoms with Crippen molar-refractivity contribution in [3.05, 3.63) is 6.92 Å². The fraction of sp³-hybridized carbons (Fsp3) is 0.875. The minimum absolute atomic E-state index is 0. The molecule has 0 saturated heterocycles. The summed E-state index contributed by atoms with van der Waals surface area (Å²) in [5, 5.41) is 8.73. The maximum absolute atomic E-state index is 8.73. The summed E-state index contributed by atoms with van der Waals surface area (Å²) in [5.41, 5.74) is 0. The first-order valence-corrected chi connectivity index (χ1v) is 3.75. The van der Waals surface area contributed by atoms with Crippen LogP contribution in [0.4, 0.5) is 0 Å². The Labute approximate surface area is 107 Å². The summed E-state index contributed by atoms with van der Waals surface area (Å²) < 4.78 is 0. The molecule has 0 radical (unpaired) electrons. The fourth-order valence-corrected chi connectivity index (χ4v) is 0.858. The molecular weight excluding hydrogens is 151 g/mol. The fourth-order valence-electron chi connectivity index (χ4n) is 0.858. The van der Waals surface area contributed by atoms with Gasteiger partial charge in [-0.2, -0.15) is 6.42 Å². The topological polar surface area (TPSA) is 20.2 Å². The van der Waals surface area contributed by atoms with E-state index >= 15 is 0 Å². The smallest absolute Gasteiger partial charge is 0.396 e. The molecule has 0 saturated carbocycles. The van der Waals surface area contributed by atoms with E-state index in [0.29, 0.717) is 12.5 Å². The van der Waals surface area contributed by atoms with Gasteiger partial charge in [0.1, 0.15) is 0 Å². The summed E-state index contributed by atoms with van der Waals surface area (Å²) in [5.74, 6) is 0.520. The third-order valence-corrected chi connectivity index (χ3v) is 1.70. The van der Waals surface area contributed by atoms with Gasteiger partial charge in [0, 0.05) is 6.61 Å². The van der Waals surface area contributed by atoms with E-state index in [2.05, 4.69) is 13.8 Å². The van der Waals surface area contributed by atoms with Gasteiger partial charge in [-0.25, -0.2) is 0 Å². The third-order valence-electron chi connectivity index (χ3n) is 1.70. The van der Waals surface area contributed by atoms with Crippen molar-refractivity contribution in [2.45, 2.75) is 32.6 Å². The maximum atomic E-state index is 8.73. The van der Waals surface area contributed by atoms with Crippen LogP contribution in [0.3, 0.4) is 0 Å². The first-order chi connectivity index (χ1) is 4.35. The molecule has 0 aromatic carbocycles. The molecule has 0 aromatic rings. The number of hydrogen-bond donors (Lipinski definition) is 1. The van der Waals surface area contributed by atoms with Crippen LogP contribution in [-0.4, -0.2) is 11.7 Å². The molecule has 0 fully saturated rings. The molecule has 0 aliphatic carbocycles. The SMILES string of the molecule is [CH2-]CCCC(CC)CO.[K+]. The van der Waals surface area contributed by atoms with Crippen molar-refractivity contribution in [3.8, 4) is 0 Å². The maximum Gasteiger partial charge on any atom is 1.00 e. The average molecular weight is 168 g/mol. The summed E-state index contributed by atoms with van der Waals surface area (Å²) in [7, 11) is 0. The van der Waals surface area contributed by atoms with Crippen LogP contribution >= 0.6 is 0 Å². The van der Waals surface area contributed by atoms with Gasteiger partial charge < -0.3 is 12.0 Å². The number of rotatable bonds is 5. The molecule has 10 heavy (non-hydrogen) atoms. The minimum Gasteiger partial charge on any atom is -0.396 e. The summed E-state index contributed by atoms with van der Waals surface area (Å²) in [4.78, 5) is 0. The Balaban J connectivity index is 0. The zero-order chi connectivity index (χ0) is 7.11. The molecule has 1 unspecified atom stereocenters. The van der Waals surface area contributed by atoms with Crippen LogP contribution in [0.5, 0.6) is 0 Å². The van der Waals surface area contributed by atoms with Gasteiger partial charge in [-0.05, 0) is 5.92 Å². The van der Waals surface area contributed by atoms with Crippen LogP contribution in [0.25, 0.3) is 0 Å². The molecular formula is C8H17KO. The number of hydrogen-bond acceptors (Lipinski definition) is 1. The van der Waals surface area contributed by atoms with Crippen molar-refractivity contribution >= 4 is 0 Å². The van der Waals surface area contributed by atoms with E-state index in [1.165, 1.54) is 0 Å². The second kappa shape index (κ2) is 10.6. The molecule has 0 heterocycles. The Morgan fingerprint density at radius 1 is 1.50 bits per heavy atom. The quantitative estimate of drug-likeness (QED) is 0.413. The van der Waals surface area contributed by atoms with Crippen molar-refractivity contribution in [3.63, 3.8) is 0 Å². The van der Waals surface area contributed by atoms with E-state index in [0.717, 1.165) is 25.7 Å². The van der Waals surface area contributed by atoms with Gasteiger partial charge in [0.2, 0.25) is 0 Å². The molecule has 0 aliphatic heterocycles. The zero-order valence-electron chi connectivity index (χ0n) is 7.27. The summed E-state index contributed by atoms with van der Waals surface area (Å²) in [6, 6.07) is 0. The number of unbranched alkanes of at least 4 members (excludes halogenated alkanes) is 1. The number of aliphatic hydroxyl groups is 1. The molecule has 0 rings (SSSR count). The monoisotopic (exact) mass is 168 g/mol. The van der Waals surface area contributed by atoms with Gasteiger partial charge >= 0.3 is 51.4 Å². The van der Waals surface area contributed by atoms with Gasteiger partial charge in [-0.3, -0.25) is 0 Å². The van der Waals surface area contributed by atoms with E-state index in [-0.39, 0.29) is 51.4 Å². The van der Waals surface area contributed by atoms with Crippen LogP contribution in [0.2, 0.25) is 0 Å². The Kier molecular flexibility index (Phi) is 15.0. The Hall–Kier alpha value is 1.60. The van der Waals surface area contributed by atoms with Crippen LogP contribution < -0.4 is 51.4 Å². The van der Waals surface area contributed by atoms with E-state index < -0.39 is 0 Å². The zero-order valence-corrected chi connectivity index (χ0v) is 10.4. The molecule has 0 bridgehead atoms. The normalized spacial score (nSPS) is 12.3. The Morgan fingerprint density at radius 3 is 2.40 bits per heavy atom. The Bertz CT molecular complexity index is 53.2. The summed E-state index contributed by atoms with van der Waals surface area (Å²) in [6.07, 6.45) is 4.38. The molecule has 0 amide bonds. The van der Waals surface area contributed by atoms with Gasteiger partial charge in [-0.1, -0.05) is 26.2 Å². The van der Waals surface area contributed by atoms with E-state index in [1.54, 1.807) is 0 Å². The predicted octanol–water partition coefficient (Wildman–Crippen LogP) is -0.987. The van der Waals surface area contributed by atoms with Crippen molar-refractivity contribution in [2.75, 3.05) is 6.61 Å². The van der Waals surface area contributed by atoms with E-state index in [4.69, 9.17) is 5.11 Å². The first kappa shape index (κ1) is 14.1. The van der Waals surface area contributed by atoms with Gasteiger partial charge in [0.25, 0.3) is 0 Å². The van der Waals surface area contributed by atoms with Gasteiger partial charge in [-0.15, -0.1) is 0 Å². The third kappa shape index (κ3) is 7.70. The van der Waals surface area contributed by atoms with Crippen molar-refractivity contribution in [2.24, 2.45) is 5.92 Å². The largest absolute Gasteiger partial charge is 1.00 e. The van der Waals surface area contributed by atoms with Gasteiger partial charge in [0.15, 0.2) is 0 Å². The van der Waals surface area contributed by atoms with Crippen LogP contribution in [0, 0.1) is 12.8 Å². The molecule has 1 nitrogen and oxygen atoms in total. The second-order valence-corrected chi connectivity index (χ2v) is 2.45.